The van der Waals surface area contributed by atoms with E-state index < -0.39 is 0 Å². The first kappa shape index (κ1) is 17.0. The molecule has 1 atom stereocenters. The fourth-order valence-electron chi connectivity index (χ4n) is 2.18. The van der Waals surface area contributed by atoms with Crippen LogP contribution in [-0.4, -0.2) is 32.6 Å². The number of nitrogens with zero attached hydrogens (tertiary/aromatic N) is 1. The first-order chi connectivity index (χ1) is 8.08. The van der Waals surface area contributed by atoms with Gasteiger partial charge >= 0.3 is 0 Å². The highest BCUT2D eigenvalue weighted by Gasteiger charge is 2.11. The van der Waals surface area contributed by atoms with Crippen LogP contribution in [0.1, 0.15) is 19.4 Å². The maximum Gasteiger partial charge on any atom is 0.119 e. The Hall–Kier alpha value is -0.990. The van der Waals surface area contributed by atoms with Crippen LogP contribution in [0.2, 0.25) is 0 Å². The van der Waals surface area contributed by atoms with Gasteiger partial charge < -0.3 is 9.64 Å². The molecule has 1 aromatic rings. The SMILES string of the molecule is C/C=C(\c1cccc(OC)c1)[C@H](C)CN(C)C.Cl. The van der Waals surface area contributed by atoms with Gasteiger partial charge in [0.2, 0.25) is 0 Å². The van der Waals surface area contributed by atoms with Gasteiger partial charge in [-0.3, -0.25) is 0 Å². The third kappa shape index (κ3) is 4.71. The fraction of sp³-hybridized carbons (Fsp3) is 0.467. The van der Waals surface area contributed by atoms with Crippen molar-refractivity contribution in [3.05, 3.63) is 35.9 Å². The summed E-state index contributed by atoms with van der Waals surface area (Å²) in [6, 6.07) is 8.26. The van der Waals surface area contributed by atoms with Crippen LogP contribution in [0, 0.1) is 5.92 Å². The lowest BCUT2D eigenvalue weighted by atomic mass is 9.93. The van der Waals surface area contributed by atoms with Crippen LogP contribution in [-0.2, 0) is 0 Å². The van der Waals surface area contributed by atoms with Crippen molar-refractivity contribution >= 4 is 18.0 Å². The molecule has 0 saturated carbocycles. The highest BCUT2D eigenvalue weighted by atomic mass is 35.5. The Balaban J connectivity index is 0.00000289. The predicted molar refractivity (Wildman–Crippen MR) is 81.6 cm³/mol. The molecule has 0 radical (unpaired) electrons. The third-order valence-electron chi connectivity index (χ3n) is 2.88. The molecule has 0 N–H and O–H groups in total. The Morgan fingerprint density at radius 1 is 1.39 bits per heavy atom. The molecule has 0 unspecified atom stereocenters. The first-order valence-electron chi connectivity index (χ1n) is 6.03. The molecule has 0 spiro atoms. The van der Waals surface area contributed by atoms with Crippen molar-refractivity contribution in [2.24, 2.45) is 5.92 Å². The first-order valence-corrected chi connectivity index (χ1v) is 6.03. The minimum Gasteiger partial charge on any atom is -0.497 e. The highest BCUT2D eigenvalue weighted by Crippen LogP contribution is 2.26. The second-order valence-corrected chi connectivity index (χ2v) is 4.64. The van der Waals surface area contributed by atoms with Crippen LogP contribution in [0.25, 0.3) is 5.57 Å². The van der Waals surface area contributed by atoms with E-state index >= 15 is 0 Å². The van der Waals surface area contributed by atoms with Gasteiger partial charge in [-0.15, -0.1) is 12.4 Å². The number of halogens is 1. The van der Waals surface area contributed by atoms with E-state index in [1.807, 2.05) is 12.1 Å². The van der Waals surface area contributed by atoms with E-state index in [-0.39, 0.29) is 12.4 Å². The number of hydrogen-bond donors (Lipinski definition) is 0. The van der Waals surface area contributed by atoms with Crippen molar-refractivity contribution in [2.45, 2.75) is 13.8 Å². The molecule has 3 heteroatoms. The van der Waals surface area contributed by atoms with Crippen molar-refractivity contribution in [1.82, 2.24) is 4.90 Å². The molecule has 102 valence electrons. The smallest absolute Gasteiger partial charge is 0.119 e. The zero-order valence-corrected chi connectivity index (χ0v) is 12.8. The summed E-state index contributed by atoms with van der Waals surface area (Å²) < 4.78 is 5.27. The minimum atomic E-state index is 0. The van der Waals surface area contributed by atoms with E-state index in [2.05, 4.69) is 51.1 Å². The van der Waals surface area contributed by atoms with Crippen LogP contribution in [0.4, 0.5) is 0 Å². The molecule has 0 heterocycles. The summed E-state index contributed by atoms with van der Waals surface area (Å²) in [6.45, 7) is 5.41. The summed E-state index contributed by atoms with van der Waals surface area (Å²) in [5.41, 5.74) is 2.62. The van der Waals surface area contributed by atoms with Crippen molar-refractivity contribution in [3.8, 4) is 5.75 Å². The number of benzene rings is 1. The standard InChI is InChI=1S/C15H23NO.ClH/c1-6-15(12(2)11-16(3)4)13-8-7-9-14(10-13)17-5;/h6-10,12H,11H2,1-5H3;1H/b15-6-;/t12-;/m1./s1. The van der Waals surface area contributed by atoms with Crippen molar-refractivity contribution < 1.29 is 4.74 Å². The molecule has 1 rings (SSSR count). The summed E-state index contributed by atoms with van der Waals surface area (Å²) in [5.74, 6) is 1.43. The van der Waals surface area contributed by atoms with Gasteiger partial charge in [-0.05, 0) is 50.2 Å². The quantitative estimate of drug-likeness (QED) is 0.808. The van der Waals surface area contributed by atoms with Crippen molar-refractivity contribution in [1.29, 1.82) is 0 Å². The van der Waals surface area contributed by atoms with Crippen LogP contribution in [0.15, 0.2) is 30.3 Å². The van der Waals surface area contributed by atoms with Gasteiger partial charge in [0, 0.05) is 6.54 Å². The zero-order valence-electron chi connectivity index (χ0n) is 11.9. The lowest BCUT2D eigenvalue weighted by Gasteiger charge is -2.20. The Bertz CT molecular complexity index is 388. The van der Waals surface area contributed by atoms with Gasteiger partial charge in [0.25, 0.3) is 0 Å². The van der Waals surface area contributed by atoms with Crippen molar-refractivity contribution in [2.75, 3.05) is 27.7 Å². The van der Waals surface area contributed by atoms with Crippen LogP contribution in [0.3, 0.4) is 0 Å². The largest absolute Gasteiger partial charge is 0.497 e. The van der Waals surface area contributed by atoms with E-state index in [4.69, 9.17) is 4.74 Å². The average Bonchev–Trinajstić information content (AvgIpc) is 2.29. The van der Waals surface area contributed by atoms with Crippen molar-refractivity contribution in [3.63, 3.8) is 0 Å². The average molecular weight is 270 g/mol. The van der Waals surface area contributed by atoms with Gasteiger partial charge in [-0.25, -0.2) is 0 Å². The zero-order chi connectivity index (χ0) is 12.8. The van der Waals surface area contributed by atoms with Gasteiger partial charge in [-0.1, -0.05) is 25.1 Å². The third-order valence-corrected chi connectivity index (χ3v) is 2.88. The molecule has 0 amide bonds. The Kier molecular flexibility index (Phi) is 7.72. The molecule has 0 saturated heterocycles. The molecule has 18 heavy (non-hydrogen) atoms. The predicted octanol–water partition coefficient (Wildman–Crippen LogP) is 3.72. The number of methoxy groups -OCH3 is 1. The molecule has 0 aromatic heterocycles. The summed E-state index contributed by atoms with van der Waals surface area (Å²) in [5, 5.41) is 0. The topological polar surface area (TPSA) is 12.5 Å². The summed E-state index contributed by atoms with van der Waals surface area (Å²) in [6.07, 6.45) is 2.20. The normalized spacial score (nSPS) is 13.1. The van der Waals surface area contributed by atoms with Crippen LogP contribution < -0.4 is 4.74 Å². The molecular formula is C15H24ClNO. The van der Waals surface area contributed by atoms with Gasteiger partial charge in [0.05, 0.1) is 7.11 Å². The number of rotatable bonds is 5. The highest BCUT2D eigenvalue weighted by molar-refractivity contribution is 5.85. The molecule has 0 fully saturated rings. The molecule has 0 aliphatic carbocycles. The Labute approximate surface area is 117 Å². The van der Waals surface area contributed by atoms with Gasteiger partial charge in [-0.2, -0.15) is 0 Å². The monoisotopic (exact) mass is 269 g/mol. The Morgan fingerprint density at radius 3 is 2.56 bits per heavy atom. The van der Waals surface area contributed by atoms with E-state index in [9.17, 15) is 0 Å². The fourth-order valence-corrected chi connectivity index (χ4v) is 2.18. The maximum atomic E-state index is 5.27. The van der Waals surface area contributed by atoms with Gasteiger partial charge in [0.1, 0.15) is 5.75 Å². The lowest BCUT2D eigenvalue weighted by molar-refractivity contribution is 0.375. The molecule has 1 aromatic carbocycles. The summed E-state index contributed by atoms with van der Waals surface area (Å²) in [4.78, 5) is 2.22. The minimum absolute atomic E-state index is 0. The van der Waals surface area contributed by atoms with E-state index in [1.165, 1.54) is 11.1 Å². The summed E-state index contributed by atoms with van der Waals surface area (Å²) in [7, 11) is 5.92. The lowest BCUT2D eigenvalue weighted by Crippen LogP contribution is -2.20. The number of allylic oxidation sites excluding steroid dienone is 1. The van der Waals surface area contributed by atoms with Gasteiger partial charge in [0.15, 0.2) is 0 Å². The maximum absolute atomic E-state index is 5.27. The van der Waals surface area contributed by atoms with Crippen LogP contribution >= 0.6 is 12.4 Å². The molecule has 2 nitrogen and oxygen atoms in total. The number of ether oxygens (including phenoxy) is 1. The second kappa shape index (κ2) is 8.17. The number of hydrogen-bond acceptors (Lipinski definition) is 2. The van der Waals surface area contributed by atoms with E-state index in [0.717, 1.165) is 12.3 Å². The van der Waals surface area contributed by atoms with Crippen LogP contribution in [0.5, 0.6) is 5.75 Å². The second-order valence-electron chi connectivity index (χ2n) is 4.64. The molecule has 0 bridgehead atoms. The Morgan fingerprint density at radius 2 is 2.06 bits per heavy atom. The molecule has 0 aliphatic rings. The van der Waals surface area contributed by atoms with E-state index in [1.54, 1.807) is 7.11 Å². The summed E-state index contributed by atoms with van der Waals surface area (Å²) >= 11 is 0. The van der Waals surface area contributed by atoms with E-state index in [0.29, 0.717) is 5.92 Å². The molecular weight excluding hydrogens is 246 g/mol. The molecule has 0 aliphatic heterocycles.